The van der Waals surface area contributed by atoms with Crippen molar-refractivity contribution in [2.45, 2.75) is 97.4 Å². The molecule has 0 bridgehead atoms. The van der Waals surface area contributed by atoms with E-state index in [9.17, 15) is 28.8 Å². The molecule has 0 radical (unpaired) electrons. The first-order chi connectivity index (χ1) is 17.8. The van der Waals surface area contributed by atoms with Crippen LogP contribution >= 0.6 is 0 Å². The highest BCUT2D eigenvalue weighted by Crippen LogP contribution is 2.11. The van der Waals surface area contributed by atoms with E-state index >= 15 is 0 Å². The van der Waals surface area contributed by atoms with Crippen LogP contribution in [0.3, 0.4) is 0 Å². The largest absolute Gasteiger partial charge is 0.370 e. The number of carbonyl (C=O) groups excluding carboxylic acids is 4. The van der Waals surface area contributed by atoms with E-state index in [1.807, 2.05) is 0 Å². The minimum atomic E-state index is -0.686. The predicted octanol–water partition coefficient (Wildman–Crippen LogP) is 2.16. The van der Waals surface area contributed by atoms with Gasteiger partial charge in [0.2, 0.25) is 0 Å². The van der Waals surface area contributed by atoms with Crippen molar-refractivity contribution in [2.75, 3.05) is 13.2 Å². The number of carbonyl (C=O) groups is 2. The number of aromatic nitrogens is 2. The number of hydrogen-bond donors (Lipinski definition) is 0. The molecule has 2 atom stereocenters. The summed E-state index contributed by atoms with van der Waals surface area (Å²) in [6.07, 6.45) is 5.27. The Morgan fingerprint density at radius 2 is 1.27 bits per heavy atom. The topological polar surface area (TPSA) is 131 Å². The van der Waals surface area contributed by atoms with Gasteiger partial charge in [-0.05, 0) is 46.5 Å². The Hall–Kier alpha value is -3.16. The maximum Gasteiger partial charge on any atom is 0.331 e. The third kappa shape index (κ3) is 11.2. The van der Waals surface area contributed by atoms with Gasteiger partial charge in [0, 0.05) is 38.1 Å². The molecule has 10 heteroatoms. The van der Waals surface area contributed by atoms with Gasteiger partial charge in [-0.1, -0.05) is 25.7 Å². The van der Waals surface area contributed by atoms with E-state index in [1.54, 1.807) is 25.3 Å². The Bertz CT molecular complexity index is 1090. The first-order valence-corrected chi connectivity index (χ1v) is 12.8. The van der Waals surface area contributed by atoms with E-state index in [0.717, 1.165) is 18.6 Å². The molecule has 0 fully saturated rings. The SMILES string of the molecule is CCOC(CCCCCn1c(C)cc(=O)n(CCCCCC(OCC)C(=O)C=C=O)c1=O)C(=O)C=C=O. The van der Waals surface area contributed by atoms with E-state index in [1.165, 1.54) is 22.5 Å². The van der Waals surface area contributed by atoms with E-state index in [2.05, 4.69) is 0 Å². The quantitative estimate of drug-likeness (QED) is 0.146. The zero-order valence-electron chi connectivity index (χ0n) is 22.0. The van der Waals surface area contributed by atoms with Crippen molar-refractivity contribution < 1.29 is 28.7 Å². The highest BCUT2D eigenvalue weighted by Gasteiger charge is 2.17. The van der Waals surface area contributed by atoms with Gasteiger partial charge < -0.3 is 9.47 Å². The van der Waals surface area contributed by atoms with Crippen LogP contribution in [0.1, 0.15) is 70.9 Å². The molecule has 204 valence electrons. The summed E-state index contributed by atoms with van der Waals surface area (Å²) in [7, 11) is 0. The number of rotatable bonds is 20. The molecule has 1 aromatic heterocycles. The molecule has 0 saturated heterocycles. The molecule has 0 aliphatic heterocycles. The van der Waals surface area contributed by atoms with Gasteiger partial charge >= 0.3 is 5.69 Å². The van der Waals surface area contributed by atoms with Gasteiger partial charge in [-0.15, -0.1) is 0 Å². The lowest BCUT2D eigenvalue weighted by Gasteiger charge is -2.15. The lowest BCUT2D eigenvalue weighted by Crippen LogP contribution is -2.40. The molecule has 0 aromatic carbocycles. The monoisotopic (exact) mass is 518 g/mol. The smallest absolute Gasteiger partial charge is 0.331 e. The Balaban J connectivity index is 2.63. The first kappa shape index (κ1) is 31.9. The van der Waals surface area contributed by atoms with Crippen LogP contribution in [0.5, 0.6) is 0 Å². The van der Waals surface area contributed by atoms with Gasteiger partial charge in [-0.3, -0.25) is 23.5 Å². The third-order valence-corrected chi connectivity index (χ3v) is 5.95. The predicted molar refractivity (Wildman–Crippen MR) is 138 cm³/mol. The molecule has 0 spiro atoms. The molecule has 0 aliphatic carbocycles. The normalized spacial score (nSPS) is 12.3. The minimum Gasteiger partial charge on any atom is -0.370 e. The fourth-order valence-corrected chi connectivity index (χ4v) is 4.08. The van der Waals surface area contributed by atoms with Crippen LogP contribution in [0, 0.1) is 6.92 Å². The zero-order chi connectivity index (χ0) is 27.6. The summed E-state index contributed by atoms with van der Waals surface area (Å²) in [4.78, 5) is 70.0. The summed E-state index contributed by atoms with van der Waals surface area (Å²) in [5.74, 6) is 2.16. The number of aryl methyl sites for hydroxylation is 1. The van der Waals surface area contributed by atoms with Crippen molar-refractivity contribution in [1.29, 1.82) is 0 Å². The summed E-state index contributed by atoms with van der Waals surface area (Å²) in [6, 6.07) is 1.45. The van der Waals surface area contributed by atoms with Crippen molar-refractivity contribution in [3.05, 3.63) is 44.8 Å². The number of hydrogen-bond acceptors (Lipinski definition) is 8. The van der Waals surface area contributed by atoms with Crippen LogP contribution in [-0.4, -0.2) is 58.0 Å². The molecule has 0 amide bonds. The summed E-state index contributed by atoms with van der Waals surface area (Å²) in [5, 5.41) is 0. The summed E-state index contributed by atoms with van der Waals surface area (Å²) >= 11 is 0. The molecule has 0 N–H and O–H groups in total. The highest BCUT2D eigenvalue weighted by atomic mass is 16.5. The molecule has 2 unspecified atom stereocenters. The fourth-order valence-electron chi connectivity index (χ4n) is 4.08. The first-order valence-electron chi connectivity index (χ1n) is 12.8. The van der Waals surface area contributed by atoms with Crippen LogP contribution in [0.4, 0.5) is 0 Å². The van der Waals surface area contributed by atoms with Crippen molar-refractivity contribution in [3.8, 4) is 0 Å². The molecule has 0 saturated carbocycles. The van der Waals surface area contributed by atoms with E-state index in [0.29, 0.717) is 70.4 Å². The summed E-state index contributed by atoms with van der Waals surface area (Å²) in [5.41, 5.74) is -0.119. The third-order valence-electron chi connectivity index (χ3n) is 5.95. The van der Waals surface area contributed by atoms with Gasteiger partial charge in [0.1, 0.15) is 24.1 Å². The maximum atomic E-state index is 13.0. The van der Waals surface area contributed by atoms with Gasteiger partial charge in [0.05, 0.1) is 12.2 Å². The molecule has 1 rings (SSSR count). The molecule has 37 heavy (non-hydrogen) atoms. The number of unbranched alkanes of at least 4 members (excludes halogenated alkanes) is 4. The lowest BCUT2D eigenvalue weighted by atomic mass is 10.1. The number of nitrogens with zero attached hydrogens (tertiary/aromatic N) is 2. The van der Waals surface area contributed by atoms with Gasteiger partial charge in [0.25, 0.3) is 5.56 Å². The summed E-state index contributed by atoms with van der Waals surface area (Å²) < 4.78 is 13.6. The van der Waals surface area contributed by atoms with Crippen LogP contribution in [0.25, 0.3) is 0 Å². The summed E-state index contributed by atoms with van der Waals surface area (Å²) in [6.45, 7) is 6.69. The lowest BCUT2D eigenvalue weighted by molar-refractivity contribution is -0.126. The second-order valence-corrected chi connectivity index (χ2v) is 8.63. The average Bonchev–Trinajstić information content (AvgIpc) is 2.85. The van der Waals surface area contributed by atoms with Gasteiger partial charge in [-0.25, -0.2) is 14.4 Å². The number of ether oxygens (including phenoxy) is 2. The molecular formula is C27H38N2O8. The number of ketones is 2. The Kier molecular flexibility index (Phi) is 15.6. The molecule has 1 heterocycles. The maximum absolute atomic E-state index is 13.0. The minimum absolute atomic E-state index is 0.266. The van der Waals surface area contributed by atoms with Crippen LogP contribution in [-0.2, 0) is 41.7 Å². The van der Waals surface area contributed by atoms with Gasteiger partial charge in [0.15, 0.2) is 11.6 Å². The van der Waals surface area contributed by atoms with Crippen LogP contribution < -0.4 is 11.2 Å². The molecular weight excluding hydrogens is 480 g/mol. The Labute approximate surface area is 217 Å². The highest BCUT2D eigenvalue weighted by molar-refractivity contribution is 5.99. The van der Waals surface area contributed by atoms with E-state index in [4.69, 9.17) is 9.47 Å². The van der Waals surface area contributed by atoms with Crippen LogP contribution in [0.2, 0.25) is 0 Å². The molecule has 1 aromatic rings. The van der Waals surface area contributed by atoms with Crippen LogP contribution in [0.15, 0.2) is 27.8 Å². The van der Waals surface area contributed by atoms with Crippen molar-refractivity contribution in [2.24, 2.45) is 0 Å². The van der Waals surface area contributed by atoms with Gasteiger partial charge in [-0.2, -0.15) is 0 Å². The van der Waals surface area contributed by atoms with E-state index < -0.39 is 23.8 Å². The average molecular weight is 519 g/mol. The van der Waals surface area contributed by atoms with Crippen molar-refractivity contribution >= 4 is 23.4 Å². The molecule has 10 nitrogen and oxygen atoms in total. The fraction of sp³-hybridized carbons (Fsp3) is 0.630. The van der Waals surface area contributed by atoms with E-state index in [-0.39, 0.29) is 17.8 Å². The second kappa shape index (κ2) is 18.1. The zero-order valence-corrected chi connectivity index (χ0v) is 22.0. The van der Waals surface area contributed by atoms with Crippen molar-refractivity contribution in [3.63, 3.8) is 0 Å². The molecule has 0 aliphatic rings. The second-order valence-electron chi connectivity index (χ2n) is 8.63. The Morgan fingerprint density at radius 1 is 0.811 bits per heavy atom. The standard InChI is InChI=1S/C27H38N2O8/c1-4-36-24(22(32)14-18-30)12-8-6-10-16-28-21(3)20-26(34)29(27(28)35)17-11-7-9-13-25(37-5-2)23(33)15-19-31/h14-15,20,24-25H,4-13,16-17H2,1-3H3. The van der Waals surface area contributed by atoms with Crippen molar-refractivity contribution in [1.82, 2.24) is 9.13 Å². The Morgan fingerprint density at radius 3 is 1.70 bits per heavy atom.